The summed E-state index contributed by atoms with van der Waals surface area (Å²) in [4.78, 5) is 20.8. The molecule has 2 heterocycles. The summed E-state index contributed by atoms with van der Waals surface area (Å²) in [6.45, 7) is 4.71. The summed E-state index contributed by atoms with van der Waals surface area (Å²) >= 11 is 0. The fraction of sp³-hybridized carbons (Fsp3) is 0.467. The highest BCUT2D eigenvalue weighted by Crippen LogP contribution is 2.30. The van der Waals surface area contributed by atoms with Crippen LogP contribution in [-0.2, 0) is 4.74 Å². The van der Waals surface area contributed by atoms with E-state index in [1.54, 1.807) is 19.2 Å². The molecule has 2 aromatic rings. The molecule has 1 aromatic heterocycles. The van der Waals surface area contributed by atoms with Crippen molar-refractivity contribution in [2.75, 3.05) is 46.6 Å². The first-order valence-electron chi connectivity index (χ1n) is 7.26. The maximum Gasteiger partial charge on any atom is 0.258 e. The number of hydrogen-bond donors (Lipinski definition) is 1. The number of nitrogens with zero attached hydrogens (tertiary/aromatic N) is 2. The lowest BCUT2D eigenvalue weighted by Gasteiger charge is -2.26. The average molecular weight is 305 g/mol. The van der Waals surface area contributed by atoms with E-state index >= 15 is 0 Å². The molecule has 1 N–H and O–H groups in total. The Labute approximate surface area is 127 Å². The van der Waals surface area contributed by atoms with Crippen molar-refractivity contribution in [2.45, 2.75) is 0 Å². The molecule has 1 aliphatic rings. The van der Waals surface area contributed by atoms with Gasteiger partial charge in [0.25, 0.3) is 5.56 Å². The van der Waals surface area contributed by atoms with Gasteiger partial charge in [0.05, 0.1) is 37.6 Å². The van der Waals surface area contributed by atoms with Crippen LogP contribution in [0.25, 0.3) is 10.9 Å². The molecule has 7 heteroatoms. The smallest absolute Gasteiger partial charge is 0.258 e. The number of hydrogen-bond acceptors (Lipinski definition) is 6. The third-order valence-corrected chi connectivity index (χ3v) is 3.69. The van der Waals surface area contributed by atoms with Crippen molar-refractivity contribution < 1.29 is 14.2 Å². The lowest BCUT2D eigenvalue weighted by Crippen LogP contribution is -2.38. The SMILES string of the molecule is COc1cc2nc[nH]c(=O)c2cc1OCCN1CCOCC1. The molecule has 1 aromatic carbocycles. The van der Waals surface area contributed by atoms with Gasteiger partial charge in [-0.15, -0.1) is 0 Å². The van der Waals surface area contributed by atoms with E-state index in [-0.39, 0.29) is 5.56 Å². The van der Waals surface area contributed by atoms with Crippen LogP contribution in [0.2, 0.25) is 0 Å². The third-order valence-electron chi connectivity index (χ3n) is 3.69. The quantitative estimate of drug-likeness (QED) is 0.874. The van der Waals surface area contributed by atoms with Gasteiger partial charge < -0.3 is 19.2 Å². The van der Waals surface area contributed by atoms with E-state index in [4.69, 9.17) is 14.2 Å². The molecule has 1 saturated heterocycles. The molecule has 3 rings (SSSR count). The molecule has 118 valence electrons. The van der Waals surface area contributed by atoms with E-state index < -0.39 is 0 Å². The van der Waals surface area contributed by atoms with Crippen LogP contribution < -0.4 is 15.0 Å². The molecular weight excluding hydrogens is 286 g/mol. The normalized spacial score (nSPS) is 15.9. The number of aromatic nitrogens is 2. The minimum absolute atomic E-state index is 0.189. The van der Waals surface area contributed by atoms with Gasteiger partial charge in [-0.05, 0) is 6.07 Å². The van der Waals surface area contributed by atoms with Crippen molar-refractivity contribution in [1.29, 1.82) is 0 Å². The number of benzene rings is 1. The van der Waals surface area contributed by atoms with Crippen LogP contribution in [0.3, 0.4) is 0 Å². The first-order valence-corrected chi connectivity index (χ1v) is 7.26. The van der Waals surface area contributed by atoms with Crippen molar-refractivity contribution in [3.8, 4) is 11.5 Å². The van der Waals surface area contributed by atoms with E-state index in [2.05, 4.69) is 14.9 Å². The van der Waals surface area contributed by atoms with E-state index in [1.807, 2.05) is 0 Å². The van der Waals surface area contributed by atoms with Crippen molar-refractivity contribution in [3.05, 3.63) is 28.8 Å². The summed E-state index contributed by atoms with van der Waals surface area (Å²) in [6, 6.07) is 3.40. The van der Waals surface area contributed by atoms with Crippen LogP contribution in [-0.4, -0.2) is 61.4 Å². The lowest BCUT2D eigenvalue weighted by atomic mass is 10.2. The van der Waals surface area contributed by atoms with E-state index in [0.29, 0.717) is 29.0 Å². The Morgan fingerprint density at radius 3 is 2.91 bits per heavy atom. The van der Waals surface area contributed by atoms with Crippen molar-refractivity contribution in [3.63, 3.8) is 0 Å². The number of methoxy groups -OCH3 is 1. The van der Waals surface area contributed by atoms with Gasteiger partial charge in [0.2, 0.25) is 0 Å². The Morgan fingerprint density at radius 1 is 1.32 bits per heavy atom. The monoisotopic (exact) mass is 305 g/mol. The second-order valence-electron chi connectivity index (χ2n) is 5.05. The van der Waals surface area contributed by atoms with Gasteiger partial charge in [0.1, 0.15) is 6.61 Å². The standard InChI is InChI=1S/C15H19N3O4/c1-20-13-9-12-11(15(19)17-10-16-12)8-14(13)22-7-4-18-2-5-21-6-3-18/h8-10H,2-7H2,1H3,(H,16,17,19). The molecule has 0 unspecified atom stereocenters. The van der Waals surface area contributed by atoms with Crippen molar-refractivity contribution in [2.24, 2.45) is 0 Å². The maximum atomic E-state index is 11.8. The van der Waals surface area contributed by atoms with Crippen LogP contribution in [0.5, 0.6) is 11.5 Å². The van der Waals surface area contributed by atoms with Gasteiger partial charge in [-0.1, -0.05) is 0 Å². The van der Waals surface area contributed by atoms with Crippen LogP contribution in [0, 0.1) is 0 Å². The summed E-state index contributed by atoms with van der Waals surface area (Å²) in [5, 5.41) is 0.490. The number of morpholine rings is 1. The average Bonchev–Trinajstić information content (AvgIpc) is 2.56. The minimum atomic E-state index is -0.189. The first kappa shape index (κ1) is 14.8. The molecular formula is C15H19N3O4. The molecule has 0 bridgehead atoms. The molecule has 22 heavy (non-hydrogen) atoms. The Morgan fingerprint density at radius 2 is 2.14 bits per heavy atom. The van der Waals surface area contributed by atoms with Crippen molar-refractivity contribution >= 4 is 10.9 Å². The van der Waals surface area contributed by atoms with Gasteiger partial charge in [0.15, 0.2) is 11.5 Å². The lowest BCUT2D eigenvalue weighted by molar-refractivity contribution is 0.0321. The minimum Gasteiger partial charge on any atom is -0.493 e. The third kappa shape index (κ3) is 3.20. The summed E-state index contributed by atoms with van der Waals surface area (Å²) < 4.78 is 16.4. The predicted octanol–water partition coefficient (Wildman–Crippen LogP) is 0.643. The topological polar surface area (TPSA) is 76.7 Å². The fourth-order valence-corrected chi connectivity index (χ4v) is 2.46. The number of aromatic amines is 1. The van der Waals surface area contributed by atoms with Gasteiger partial charge in [-0.2, -0.15) is 0 Å². The Hall–Kier alpha value is -2.12. The molecule has 0 spiro atoms. The number of H-pyrrole nitrogens is 1. The zero-order valence-electron chi connectivity index (χ0n) is 12.5. The Kier molecular flexibility index (Phi) is 4.55. The van der Waals surface area contributed by atoms with Gasteiger partial charge in [-0.25, -0.2) is 4.98 Å². The van der Waals surface area contributed by atoms with Gasteiger partial charge in [0, 0.05) is 25.7 Å². The van der Waals surface area contributed by atoms with E-state index in [1.165, 1.54) is 6.33 Å². The van der Waals surface area contributed by atoms with E-state index in [9.17, 15) is 4.79 Å². The zero-order chi connectivity index (χ0) is 15.4. The highest BCUT2D eigenvalue weighted by Gasteiger charge is 2.12. The maximum absolute atomic E-state index is 11.8. The first-order chi connectivity index (χ1) is 10.8. The Bertz CT molecular complexity index is 695. The van der Waals surface area contributed by atoms with Gasteiger partial charge in [-0.3, -0.25) is 9.69 Å². The molecule has 0 radical (unpaired) electrons. The van der Waals surface area contributed by atoms with E-state index in [0.717, 1.165) is 32.8 Å². The van der Waals surface area contributed by atoms with Crippen LogP contribution in [0.1, 0.15) is 0 Å². The van der Waals surface area contributed by atoms with Crippen molar-refractivity contribution in [1.82, 2.24) is 14.9 Å². The van der Waals surface area contributed by atoms with Crippen LogP contribution >= 0.6 is 0 Å². The number of rotatable bonds is 5. The summed E-state index contributed by atoms with van der Waals surface area (Å²) in [7, 11) is 1.57. The predicted molar refractivity (Wildman–Crippen MR) is 81.7 cm³/mol. The molecule has 0 saturated carbocycles. The molecule has 0 aliphatic carbocycles. The van der Waals surface area contributed by atoms with Crippen LogP contribution in [0.4, 0.5) is 0 Å². The highest BCUT2D eigenvalue weighted by atomic mass is 16.5. The molecule has 1 aliphatic heterocycles. The second kappa shape index (κ2) is 6.76. The number of ether oxygens (including phenoxy) is 3. The van der Waals surface area contributed by atoms with Gasteiger partial charge >= 0.3 is 0 Å². The molecule has 0 atom stereocenters. The molecule has 1 fully saturated rings. The summed E-state index contributed by atoms with van der Waals surface area (Å²) in [5.41, 5.74) is 0.395. The van der Waals surface area contributed by atoms with Crippen LogP contribution in [0.15, 0.2) is 23.3 Å². The largest absolute Gasteiger partial charge is 0.493 e. The summed E-state index contributed by atoms with van der Waals surface area (Å²) in [5.74, 6) is 1.13. The Balaban J connectivity index is 1.74. The molecule has 0 amide bonds. The zero-order valence-corrected chi connectivity index (χ0v) is 12.5. The number of fused-ring (bicyclic) bond motifs is 1. The molecule has 7 nitrogen and oxygen atoms in total. The highest BCUT2D eigenvalue weighted by molar-refractivity contribution is 5.81. The number of nitrogens with one attached hydrogen (secondary N) is 1. The summed E-state index contributed by atoms with van der Waals surface area (Å²) in [6.07, 6.45) is 1.38. The fourth-order valence-electron chi connectivity index (χ4n) is 2.46. The second-order valence-corrected chi connectivity index (χ2v) is 5.05.